The molecule has 1 heterocycles. The van der Waals surface area contributed by atoms with Crippen LogP contribution in [-0.2, 0) is 9.59 Å². The number of fused-ring (bicyclic) bond motifs is 1. The molecule has 6 heteroatoms. The second kappa shape index (κ2) is 10.7. The number of nitrogens with zero attached hydrogens (tertiary/aromatic N) is 2. The first-order valence-electron chi connectivity index (χ1n) is 13.1. The molecule has 1 aliphatic heterocycles. The molecule has 3 atom stereocenters. The third kappa shape index (κ3) is 5.60. The average Bonchev–Trinajstić information content (AvgIpc) is 3.63. The number of aliphatic hydroxyl groups excluding tert-OH is 1. The number of hydrogen-bond acceptors (Lipinski definition) is 5. The second-order valence-electron chi connectivity index (χ2n) is 11.2. The van der Waals surface area contributed by atoms with E-state index >= 15 is 0 Å². The highest BCUT2D eigenvalue weighted by molar-refractivity contribution is 6.23. The van der Waals surface area contributed by atoms with Crippen LogP contribution in [0.3, 0.4) is 0 Å². The van der Waals surface area contributed by atoms with Crippen molar-refractivity contribution in [2.24, 2.45) is 28.0 Å². The maximum Gasteiger partial charge on any atom is 0.277 e. The van der Waals surface area contributed by atoms with Gasteiger partial charge in [0.25, 0.3) is 5.91 Å². The zero-order chi connectivity index (χ0) is 25.1. The lowest BCUT2D eigenvalue weighted by atomic mass is 9.82. The van der Waals surface area contributed by atoms with Crippen molar-refractivity contribution >= 4 is 23.1 Å². The van der Waals surface area contributed by atoms with Gasteiger partial charge < -0.3 is 10.0 Å². The van der Waals surface area contributed by atoms with Gasteiger partial charge in [0.1, 0.15) is 0 Å². The van der Waals surface area contributed by atoms with Gasteiger partial charge in [-0.25, -0.2) is 4.99 Å². The molecule has 0 saturated heterocycles. The van der Waals surface area contributed by atoms with E-state index in [0.29, 0.717) is 31.0 Å². The van der Waals surface area contributed by atoms with Gasteiger partial charge in [0.15, 0.2) is 5.78 Å². The minimum atomic E-state index is -2.05. The van der Waals surface area contributed by atoms with Crippen molar-refractivity contribution in [1.29, 1.82) is 0 Å². The molecule has 0 aromatic heterocycles. The highest BCUT2D eigenvalue weighted by Crippen LogP contribution is 2.40. The maximum absolute atomic E-state index is 14.2. The quantitative estimate of drug-likeness (QED) is 0.452. The van der Waals surface area contributed by atoms with Gasteiger partial charge in [0.2, 0.25) is 5.66 Å². The fraction of sp³-hybridized carbons (Fsp3) is 0.679. The Balaban J connectivity index is 2.13. The third-order valence-corrected chi connectivity index (χ3v) is 7.07. The number of Topliss-reactive ketones (excluding diaryl/α,β-unsaturated/α-hetero) is 1. The van der Waals surface area contributed by atoms with E-state index in [1.54, 1.807) is 4.90 Å². The number of benzodiazepines with no additional fused rings is 1. The van der Waals surface area contributed by atoms with Gasteiger partial charge in [0, 0.05) is 23.4 Å². The Morgan fingerprint density at radius 3 is 2.44 bits per heavy atom. The smallest absolute Gasteiger partial charge is 0.277 e. The van der Waals surface area contributed by atoms with Crippen LogP contribution in [0.1, 0.15) is 91.5 Å². The van der Waals surface area contributed by atoms with E-state index in [9.17, 15) is 14.7 Å². The van der Waals surface area contributed by atoms with Crippen LogP contribution >= 0.6 is 0 Å². The minimum absolute atomic E-state index is 0.411. The van der Waals surface area contributed by atoms with E-state index < -0.39 is 34.8 Å². The normalized spacial score (nSPS) is 22.6. The molecule has 0 radical (unpaired) electrons. The van der Waals surface area contributed by atoms with Crippen molar-refractivity contribution in [3.05, 3.63) is 29.8 Å². The number of anilines is 1. The molecule has 1 aromatic carbocycles. The van der Waals surface area contributed by atoms with Crippen molar-refractivity contribution in [1.82, 2.24) is 0 Å². The van der Waals surface area contributed by atoms with Crippen LogP contribution < -0.4 is 10.6 Å². The monoisotopic (exact) mass is 469 g/mol. The van der Waals surface area contributed by atoms with E-state index in [1.807, 2.05) is 45.0 Å². The Labute approximate surface area is 205 Å². The molecule has 0 bridgehead atoms. The number of para-hydroxylation sites is 1. The second-order valence-corrected chi connectivity index (χ2v) is 11.2. The number of benzene rings is 1. The van der Waals surface area contributed by atoms with Crippen LogP contribution in [0.5, 0.6) is 0 Å². The Morgan fingerprint density at radius 1 is 1.21 bits per heavy atom. The summed E-state index contributed by atoms with van der Waals surface area (Å²) >= 11 is 0. The summed E-state index contributed by atoms with van der Waals surface area (Å²) in [6, 6.07) is 7.71. The molecule has 1 amide bonds. The van der Waals surface area contributed by atoms with Crippen LogP contribution in [-0.4, -0.2) is 40.8 Å². The number of aliphatic imine (C=N–C) groups is 1. The van der Waals surface area contributed by atoms with Crippen molar-refractivity contribution in [2.45, 2.75) is 97.8 Å². The Hall–Kier alpha value is -2.05. The molecule has 1 saturated carbocycles. The van der Waals surface area contributed by atoms with Gasteiger partial charge in [-0.3, -0.25) is 15.3 Å². The molecule has 6 nitrogen and oxygen atoms in total. The van der Waals surface area contributed by atoms with Crippen LogP contribution in [0.15, 0.2) is 29.3 Å². The molecule has 3 rings (SSSR count). The van der Waals surface area contributed by atoms with Crippen molar-refractivity contribution in [2.75, 3.05) is 11.4 Å². The van der Waals surface area contributed by atoms with Crippen LogP contribution in [0.25, 0.3) is 0 Å². The predicted octanol–water partition coefficient (Wildman–Crippen LogP) is 4.86. The first-order chi connectivity index (χ1) is 16.0. The molecular weight excluding hydrogens is 426 g/mol. The largest absolute Gasteiger partial charge is 0.392 e. The first-order valence-corrected chi connectivity index (χ1v) is 13.1. The molecule has 2 aliphatic rings. The Bertz CT molecular complexity index is 916. The minimum Gasteiger partial charge on any atom is -0.392 e. The summed E-state index contributed by atoms with van der Waals surface area (Å²) in [7, 11) is 0. The number of amides is 1. The molecular formula is C28H43N3O3. The molecule has 188 valence electrons. The highest BCUT2D eigenvalue weighted by Gasteiger charge is 2.52. The van der Waals surface area contributed by atoms with Crippen molar-refractivity contribution in [3.63, 3.8) is 0 Å². The summed E-state index contributed by atoms with van der Waals surface area (Å²) in [5.74, 6) is -1.20. The number of carbonyl (C=O) groups is 2. The van der Waals surface area contributed by atoms with Crippen LogP contribution in [0.2, 0.25) is 0 Å². The lowest BCUT2D eigenvalue weighted by molar-refractivity contribution is -0.139. The van der Waals surface area contributed by atoms with Crippen molar-refractivity contribution < 1.29 is 14.7 Å². The molecule has 1 aromatic rings. The molecule has 3 N–H and O–H groups in total. The van der Waals surface area contributed by atoms with Gasteiger partial charge in [-0.05, 0) is 31.2 Å². The van der Waals surface area contributed by atoms with Crippen molar-refractivity contribution in [3.8, 4) is 0 Å². The summed E-state index contributed by atoms with van der Waals surface area (Å²) in [6.07, 6.45) is 5.85. The van der Waals surface area contributed by atoms with E-state index in [0.717, 1.165) is 49.8 Å². The SMILES string of the molecule is CCCC[C@H](O)[C@@H](CC1CC1)C(=O)C1(N)N=C(C(C)(C)C)c2ccccc2N(CCCC)C1=O. The number of nitrogens with two attached hydrogens (primary N) is 1. The number of hydrogen-bond donors (Lipinski definition) is 2. The predicted molar refractivity (Wildman–Crippen MR) is 138 cm³/mol. The summed E-state index contributed by atoms with van der Waals surface area (Å²) < 4.78 is 0. The van der Waals surface area contributed by atoms with E-state index in [-0.39, 0.29) is 0 Å². The summed E-state index contributed by atoms with van der Waals surface area (Å²) in [6.45, 7) is 10.7. The van der Waals surface area contributed by atoms with E-state index in [4.69, 9.17) is 10.7 Å². The zero-order valence-electron chi connectivity index (χ0n) is 21.6. The summed E-state index contributed by atoms with van der Waals surface area (Å²) in [5, 5.41) is 11.0. The zero-order valence-corrected chi connectivity index (χ0v) is 21.6. The number of rotatable bonds is 11. The van der Waals surface area contributed by atoms with E-state index in [1.165, 1.54) is 0 Å². The molecule has 34 heavy (non-hydrogen) atoms. The number of aliphatic hydroxyl groups is 1. The van der Waals surface area contributed by atoms with Gasteiger partial charge in [0.05, 0.1) is 17.5 Å². The van der Waals surface area contributed by atoms with Gasteiger partial charge in [-0.1, -0.05) is 84.9 Å². The topological polar surface area (TPSA) is 96.0 Å². The number of unbranched alkanes of at least 4 members (excludes halogenated alkanes) is 2. The van der Waals surface area contributed by atoms with Crippen LogP contribution in [0, 0.1) is 17.3 Å². The van der Waals surface area contributed by atoms with Gasteiger partial charge in [-0.15, -0.1) is 0 Å². The summed E-state index contributed by atoms with van der Waals surface area (Å²) in [5.41, 5.74) is 6.55. The fourth-order valence-corrected chi connectivity index (χ4v) is 4.83. The fourth-order valence-electron chi connectivity index (χ4n) is 4.83. The lowest BCUT2D eigenvalue weighted by Gasteiger charge is -2.33. The number of carbonyl (C=O) groups excluding carboxylic acids is 2. The van der Waals surface area contributed by atoms with Crippen LogP contribution in [0.4, 0.5) is 5.69 Å². The summed E-state index contributed by atoms with van der Waals surface area (Å²) in [4.78, 5) is 34.7. The number of ketones is 1. The third-order valence-electron chi connectivity index (χ3n) is 7.07. The molecule has 1 aliphatic carbocycles. The Kier molecular flexibility index (Phi) is 8.35. The van der Waals surface area contributed by atoms with E-state index in [2.05, 4.69) is 13.8 Å². The van der Waals surface area contributed by atoms with Gasteiger partial charge >= 0.3 is 0 Å². The van der Waals surface area contributed by atoms with Gasteiger partial charge in [-0.2, -0.15) is 0 Å². The standard InChI is InChI=1S/C28H43N3O3/c1-6-8-14-23(32)21(18-19-15-16-19)25(33)28(29)26(34)31(17-9-7-2)22-13-11-10-12-20(22)24(30-28)27(3,4)5/h10-13,19,21,23,32H,6-9,14-18,29H2,1-5H3/t21-,23+,28?/m1/s1. The maximum atomic E-state index is 14.2. The lowest BCUT2D eigenvalue weighted by Crippen LogP contribution is -2.62. The highest BCUT2D eigenvalue weighted by atomic mass is 16.3. The molecule has 1 unspecified atom stereocenters. The molecule has 0 spiro atoms. The molecule has 1 fully saturated rings. The Morgan fingerprint density at radius 2 is 1.85 bits per heavy atom. The average molecular weight is 470 g/mol. The first kappa shape index (κ1) is 26.6.